The molecule has 5 heteroatoms. The summed E-state index contributed by atoms with van der Waals surface area (Å²) in [5.41, 5.74) is 4.47. The summed E-state index contributed by atoms with van der Waals surface area (Å²) in [6.45, 7) is 7.87. The highest BCUT2D eigenvalue weighted by Gasteiger charge is 2.15. The standard InChI is InChI=1S/C15H15ClN4/c1-8-5-6-12-13(16)11(4)15(18-14(12)17-8)20-10(3)7-9(2)19-20/h5-7H,1-4H3. The smallest absolute Gasteiger partial charge is 0.163 e. The van der Waals surface area contributed by atoms with E-state index in [9.17, 15) is 0 Å². The summed E-state index contributed by atoms with van der Waals surface area (Å²) in [5, 5.41) is 6.04. The number of halogens is 1. The van der Waals surface area contributed by atoms with Crippen LogP contribution in [-0.4, -0.2) is 19.7 Å². The van der Waals surface area contributed by atoms with E-state index >= 15 is 0 Å². The van der Waals surface area contributed by atoms with Gasteiger partial charge in [0.05, 0.1) is 10.7 Å². The van der Waals surface area contributed by atoms with Gasteiger partial charge >= 0.3 is 0 Å². The van der Waals surface area contributed by atoms with Crippen LogP contribution in [0, 0.1) is 27.7 Å². The van der Waals surface area contributed by atoms with Crippen LogP contribution < -0.4 is 0 Å². The number of hydrogen-bond acceptors (Lipinski definition) is 3. The first-order valence-electron chi connectivity index (χ1n) is 6.44. The predicted octanol–water partition coefficient (Wildman–Crippen LogP) is 3.70. The Morgan fingerprint density at radius 3 is 2.40 bits per heavy atom. The van der Waals surface area contributed by atoms with E-state index in [0.717, 1.165) is 33.8 Å². The van der Waals surface area contributed by atoms with Crippen LogP contribution in [0.25, 0.3) is 16.9 Å². The largest absolute Gasteiger partial charge is 0.233 e. The van der Waals surface area contributed by atoms with Crippen molar-refractivity contribution in [2.24, 2.45) is 0 Å². The number of rotatable bonds is 1. The maximum atomic E-state index is 6.47. The Kier molecular flexibility index (Phi) is 2.98. The van der Waals surface area contributed by atoms with E-state index in [2.05, 4.69) is 15.1 Å². The summed E-state index contributed by atoms with van der Waals surface area (Å²) < 4.78 is 1.82. The summed E-state index contributed by atoms with van der Waals surface area (Å²) >= 11 is 6.47. The summed E-state index contributed by atoms with van der Waals surface area (Å²) in [4.78, 5) is 9.11. The molecule has 0 amide bonds. The number of aromatic nitrogens is 4. The zero-order valence-corrected chi connectivity index (χ0v) is 12.7. The Morgan fingerprint density at radius 1 is 1.00 bits per heavy atom. The first-order valence-corrected chi connectivity index (χ1v) is 6.82. The molecule has 0 atom stereocenters. The van der Waals surface area contributed by atoms with Gasteiger partial charge < -0.3 is 0 Å². The zero-order chi connectivity index (χ0) is 14.4. The third kappa shape index (κ3) is 1.96. The third-order valence-corrected chi connectivity index (χ3v) is 3.82. The molecular formula is C15H15ClN4. The third-order valence-electron chi connectivity index (χ3n) is 3.34. The minimum atomic E-state index is 0.656. The Hall–Kier alpha value is -1.94. The van der Waals surface area contributed by atoms with Gasteiger partial charge in [-0.05, 0) is 45.9 Å². The number of hydrogen-bond donors (Lipinski definition) is 0. The lowest BCUT2D eigenvalue weighted by Crippen LogP contribution is -2.06. The first kappa shape index (κ1) is 13.1. The molecule has 0 saturated heterocycles. The van der Waals surface area contributed by atoms with Gasteiger partial charge in [-0.1, -0.05) is 11.6 Å². The maximum Gasteiger partial charge on any atom is 0.163 e. The van der Waals surface area contributed by atoms with Crippen molar-refractivity contribution >= 4 is 22.6 Å². The van der Waals surface area contributed by atoms with Crippen molar-refractivity contribution in [2.75, 3.05) is 0 Å². The summed E-state index contributed by atoms with van der Waals surface area (Å²) in [6, 6.07) is 5.92. The van der Waals surface area contributed by atoms with Crippen molar-refractivity contribution in [1.82, 2.24) is 19.7 Å². The van der Waals surface area contributed by atoms with Crippen LogP contribution in [-0.2, 0) is 0 Å². The predicted molar refractivity (Wildman–Crippen MR) is 80.6 cm³/mol. The fraction of sp³-hybridized carbons (Fsp3) is 0.267. The minimum absolute atomic E-state index is 0.656. The Balaban J connectivity index is 2.36. The minimum Gasteiger partial charge on any atom is -0.233 e. The molecule has 0 radical (unpaired) electrons. The molecule has 0 saturated carbocycles. The second kappa shape index (κ2) is 4.56. The van der Waals surface area contributed by atoms with Crippen LogP contribution in [0.3, 0.4) is 0 Å². The van der Waals surface area contributed by atoms with Crippen molar-refractivity contribution < 1.29 is 0 Å². The normalized spacial score (nSPS) is 11.2. The van der Waals surface area contributed by atoms with E-state index in [1.54, 1.807) is 0 Å². The number of fused-ring (bicyclic) bond motifs is 1. The van der Waals surface area contributed by atoms with Crippen LogP contribution >= 0.6 is 11.6 Å². The van der Waals surface area contributed by atoms with Crippen molar-refractivity contribution in [2.45, 2.75) is 27.7 Å². The molecule has 3 rings (SSSR count). The second-order valence-corrected chi connectivity index (χ2v) is 5.42. The van der Waals surface area contributed by atoms with Gasteiger partial charge in [0.1, 0.15) is 0 Å². The zero-order valence-electron chi connectivity index (χ0n) is 11.9. The lowest BCUT2D eigenvalue weighted by atomic mass is 10.2. The van der Waals surface area contributed by atoms with Crippen LogP contribution in [0.1, 0.15) is 22.6 Å². The van der Waals surface area contributed by atoms with E-state index < -0.39 is 0 Å². The van der Waals surface area contributed by atoms with Crippen molar-refractivity contribution in [3.8, 4) is 5.82 Å². The van der Waals surface area contributed by atoms with Gasteiger partial charge in [0, 0.05) is 22.3 Å². The molecule has 102 valence electrons. The van der Waals surface area contributed by atoms with Crippen molar-refractivity contribution in [3.05, 3.63) is 45.9 Å². The molecule has 0 aromatic carbocycles. The highest BCUT2D eigenvalue weighted by Crippen LogP contribution is 2.29. The molecule has 0 bridgehead atoms. The molecule has 0 N–H and O–H groups in total. The van der Waals surface area contributed by atoms with Gasteiger partial charge in [0.2, 0.25) is 0 Å². The van der Waals surface area contributed by atoms with E-state index in [1.165, 1.54) is 0 Å². The molecule has 0 aliphatic heterocycles. The summed E-state index contributed by atoms with van der Waals surface area (Å²) in [5.74, 6) is 0.742. The average molecular weight is 287 g/mol. The van der Waals surface area contributed by atoms with Crippen LogP contribution in [0.5, 0.6) is 0 Å². The van der Waals surface area contributed by atoms with Gasteiger partial charge in [-0.3, -0.25) is 0 Å². The average Bonchev–Trinajstić information content (AvgIpc) is 2.72. The Labute approximate surface area is 122 Å². The van der Waals surface area contributed by atoms with Crippen LogP contribution in [0.2, 0.25) is 5.02 Å². The second-order valence-electron chi connectivity index (χ2n) is 5.04. The van der Waals surface area contributed by atoms with Crippen LogP contribution in [0.4, 0.5) is 0 Å². The Bertz CT molecular complexity index is 820. The fourth-order valence-corrected chi connectivity index (χ4v) is 2.57. The lowest BCUT2D eigenvalue weighted by Gasteiger charge is -2.11. The maximum absolute atomic E-state index is 6.47. The topological polar surface area (TPSA) is 43.6 Å². The van der Waals surface area contributed by atoms with Crippen molar-refractivity contribution in [1.29, 1.82) is 0 Å². The fourth-order valence-electron chi connectivity index (χ4n) is 2.33. The molecule has 3 heterocycles. The molecule has 0 unspecified atom stereocenters. The summed E-state index contributed by atoms with van der Waals surface area (Å²) in [7, 11) is 0. The molecule has 0 fully saturated rings. The van der Waals surface area contributed by atoms with Gasteiger partial charge in [-0.15, -0.1) is 0 Å². The van der Waals surface area contributed by atoms with E-state index in [-0.39, 0.29) is 0 Å². The van der Waals surface area contributed by atoms with E-state index in [0.29, 0.717) is 10.7 Å². The number of nitrogens with zero attached hydrogens (tertiary/aromatic N) is 4. The molecule has 0 spiro atoms. The van der Waals surface area contributed by atoms with Gasteiger partial charge in [-0.2, -0.15) is 5.10 Å². The quantitative estimate of drug-likeness (QED) is 0.685. The molecule has 0 aliphatic carbocycles. The summed E-state index contributed by atoms with van der Waals surface area (Å²) in [6.07, 6.45) is 0. The molecule has 3 aromatic rings. The van der Waals surface area contributed by atoms with Gasteiger partial charge in [-0.25, -0.2) is 14.6 Å². The lowest BCUT2D eigenvalue weighted by molar-refractivity contribution is 0.802. The van der Waals surface area contributed by atoms with E-state index in [1.807, 2.05) is 50.6 Å². The monoisotopic (exact) mass is 286 g/mol. The highest BCUT2D eigenvalue weighted by atomic mass is 35.5. The number of pyridine rings is 2. The molecule has 4 nitrogen and oxygen atoms in total. The molecule has 0 aliphatic rings. The van der Waals surface area contributed by atoms with Gasteiger partial charge in [0.15, 0.2) is 11.5 Å². The van der Waals surface area contributed by atoms with Crippen molar-refractivity contribution in [3.63, 3.8) is 0 Å². The van der Waals surface area contributed by atoms with E-state index in [4.69, 9.17) is 11.6 Å². The van der Waals surface area contributed by atoms with Gasteiger partial charge in [0.25, 0.3) is 0 Å². The molecule has 20 heavy (non-hydrogen) atoms. The van der Waals surface area contributed by atoms with Crippen LogP contribution in [0.15, 0.2) is 18.2 Å². The molecular weight excluding hydrogens is 272 g/mol. The highest BCUT2D eigenvalue weighted by molar-refractivity contribution is 6.36. The Morgan fingerprint density at radius 2 is 1.75 bits per heavy atom. The number of aryl methyl sites for hydroxylation is 3. The SMILES string of the molecule is Cc1ccc2c(Cl)c(C)c(-n3nc(C)cc3C)nc2n1. The first-order chi connectivity index (χ1) is 9.47. The molecule has 3 aromatic heterocycles.